The zero-order valence-corrected chi connectivity index (χ0v) is 14.2. The van der Waals surface area contributed by atoms with E-state index in [4.69, 9.17) is 4.74 Å². The third-order valence-corrected chi connectivity index (χ3v) is 4.24. The second-order valence-electron chi connectivity index (χ2n) is 6.73. The van der Waals surface area contributed by atoms with Crippen LogP contribution in [0, 0.1) is 5.92 Å². The molecule has 0 aliphatic carbocycles. The van der Waals surface area contributed by atoms with Crippen molar-refractivity contribution in [1.82, 2.24) is 0 Å². The summed E-state index contributed by atoms with van der Waals surface area (Å²) in [7, 11) is 1.62. The molecule has 1 heterocycles. The number of nitrogens with zero attached hydrogens (tertiary/aromatic N) is 1. The summed E-state index contributed by atoms with van der Waals surface area (Å²) in [5, 5.41) is 9.78. The van der Waals surface area contributed by atoms with Gasteiger partial charge in [-0.05, 0) is 38.3 Å². The molecule has 0 fully saturated rings. The van der Waals surface area contributed by atoms with Gasteiger partial charge in [-0.2, -0.15) is 0 Å². The van der Waals surface area contributed by atoms with Gasteiger partial charge < -0.3 is 14.7 Å². The van der Waals surface area contributed by atoms with Gasteiger partial charge in [0.05, 0.1) is 18.3 Å². The van der Waals surface area contributed by atoms with Gasteiger partial charge in [0.25, 0.3) is 0 Å². The smallest absolute Gasteiger partial charge is 0.326 e. The lowest BCUT2D eigenvalue weighted by molar-refractivity contribution is -0.140. The molecule has 0 aromatic heterocycles. The van der Waals surface area contributed by atoms with Crippen LogP contribution in [0.1, 0.15) is 40.2 Å². The van der Waals surface area contributed by atoms with E-state index in [1.807, 2.05) is 50.8 Å². The van der Waals surface area contributed by atoms with Crippen molar-refractivity contribution in [2.75, 3.05) is 12.0 Å². The van der Waals surface area contributed by atoms with Crippen molar-refractivity contribution in [1.29, 1.82) is 0 Å². The molecule has 1 N–H and O–H groups in total. The molecule has 0 bridgehead atoms. The summed E-state index contributed by atoms with van der Waals surface area (Å²) in [5.74, 6) is -0.126. The molecular formula is C18H25NO3. The minimum atomic E-state index is -0.812. The van der Waals surface area contributed by atoms with Crippen LogP contribution in [0.25, 0.3) is 5.57 Å². The van der Waals surface area contributed by atoms with Gasteiger partial charge in [-0.15, -0.1) is 0 Å². The number of para-hydroxylation sites is 1. The normalized spacial score (nSPS) is 17.8. The molecule has 1 atom stereocenters. The minimum absolute atomic E-state index is 0.0265. The molecule has 120 valence electrons. The number of hydrogen-bond donors (Lipinski definition) is 1. The first-order valence-electron chi connectivity index (χ1n) is 7.59. The Morgan fingerprint density at radius 3 is 2.45 bits per heavy atom. The van der Waals surface area contributed by atoms with Crippen LogP contribution in [-0.4, -0.2) is 29.8 Å². The van der Waals surface area contributed by atoms with Gasteiger partial charge in [0.2, 0.25) is 0 Å². The highest BCUT2D eigenvalue weighted by Gasteiger charge is 2.42. The van der Waals surface area contributed by atoms with Crippen LogP contribution in [0.3, 0.4) is 0 Å². The van der Waals surface area contributed by atoms with Crippen LogP contribution in [0.2, 0.25) is 0 Å². The summed E-state index contributed by atoms with van der Waals surface area (Å²) in [6.45, 7) is 10.0. The molecule has 1 unspecified atom stereocenters. The Morgan fingerprint density at radius 1 is 1.32 bits per heavy atom. The predicted molar refractivity (Wildman–Crippen MR) is 89.5 cm³/mol. The van der Waals surface area contributed by atoms with Gasteiger partial charge in [-0.25, -0.2) is 4.79 Å². The van der Waals surface area contributed by atoms with Crippen LogP contribution >= 0.6 is 0 Å². The van der Waals surface area contributed by atoms with Gasteiger partial charge in [0.1, 0.15) is 11.8 Å². The molecule has 4 heteroatoms. The molecular weight excluding hydrogens is 278 g/mol. The second-order valence-corrected chi connectivity index (χ2v) is 6.73. The zero-order valence-electron chi connectivity index (χ0n) is 14.2. The number of carboxylic acids is 1. The molecule has 0 spiro atoms. The Kier molecular flexibility index (Phi) is 4.23. The summed E-state index contributed by atoms with van der Waals surface area (Å²) < 4.78 is 5.53. The van der Waals surface area contributed by atoms with Crippen LogP contribution in [0.5, 0.6) is 5.75 Å². The number of rotatable bonds is 4. The van der Waals surface area contributed by atoms with Crippen molar-refractivity contribution in [3.05, 3.63) is 29.8 Å². The first-order valence-corrected chi connectivity index (χ1v) is 7.59. The number of benzene rings is 1. The Bertz CT molecular complexity index is 617. The van der Waals surface area contributed by atoms with Crippen molar-refractivity contribution < 1.29 is 14.6 Å². The van der Waals surface area contributed by atoms with E-state index in [9.17, 15) is 9.90 Å². The zero-order chi connectivity index (χ0) is 16.7. The van der Waals surface area contributed by atoms with Crippen molar-refractivity contribution in [3.63, 3.8) is 0 Å². The van der Waals surface area contributed by atoms with Crippen LogP contribution < -0.4 is 9.64 Å². The summed E-state index contributed by atoms with van der Waals surface area (Å²) in [4.78, 5) is 13.9. The number of fused-ring (bicyclic) bond motifs is 1. The maximum atomic E-state index is 11.9. The lowest BCUT2D eigenvalue weighted by Gasteiger charge is -2.47. The van der Waals surface area contributed by atoms with Crippen molar-refractivity contribution in [2.24, 2.45) is 5.92 Å². The van der Waals surface area contributed by atoms with E-state index in [1.165, 1.54) is 0 Å². The molecule has 1 aliphatic heterocycles. The van der Waals surface area contributed by atoms with Crippen LogP contribution in [0.4, 0.5) is 5.69 Å². The molecule has 1 aromatic rings. The maximum Gasteiger partial charge on any atom is 0.326 e. The number of anilines is 1. The van der Waals surface area contributed by atoms with Crippen LogP contribution in [-0.2, 0) is 4.79 Å². The molecule has 1 aliphatic rings. The van der Waals surface area contributed by atoms with Crippen molar-refractivity contribution >= 4 is 17.2 Å². The number of aliphatic carboxylic acids is 1. The molecule has 0 saturated carbocycles. The molecule has 0 saturated heterocycles. The van der Waals surface area contributed by atoms with Gasteiger partial charge in [0, 0.05) is 5.56 Å². The number of carbonyl (C=O) groups is 1. The molecule has 2 rings (SSSR count). The first-order chi connectivity index (χ1) is 10.2. The van der Waals surface area contributed by atoms with Gasteiger partial charge in [0.15, 0.2) is 0 Å². The Hall–Kier alpha value is -1.97. The Balaban J connectivity index is 2.75. The lowest BCUT2D eigenvalue weighted by Crippen LogP contribution is -2.56. The maximum absolute atomic E-state index is 11.9. The largest absolute Gasteiger partial charge is 0.495 e. The first kappa shape index (κ1) is 16.4. The fraction of sp³-hybridized carbons (Fsp3) is 0.500. The Morgan fingerprint density at radius 2 is 1.95 bits per heavy atom. The topological polar surface area (TPSA) is 49.8 Å². The second kappa shape index (κ2) is 5.67. The monoisotopic (exact) mass is 303 g/mol. The fourth-order valence-electron chi connectivity index (χ4n) is 3.41. The average Bonchev–Trinajstić information content (AvgIpc) is 2.41. The van der Waals surface area contributed by atoms with E-state index in [-0.39, 0.29) is 5.92 Å². The number of carboxylic acid groups (broad SMARTS) is 1. The van der Waals surface area contributed by atoms with Crippen LogP contribution in [0.15, 0.2) is 24.3 Å². The standard InChI is InChI=1S/C18H25NO3/c1-11(2)15(17(20)21)19-16-13(8-7-9-14(16)22-6)12(3)10-18(19,4)5/h7-11,15H,1-6H3,(H,20,21). The molecule has 0 amide bonds. The van der Waals surface area contributed by atoms with Crippen molar-refractivity contribution in [3.8, 4) is 5.75 Å². The third-order valence-electron chi connectivity index (χ3n) is 4.24. The quantitative estimate of drug-likeness (QED) is 0.919. The SMILES string of the molecule is COc1cccc2c1N(C(C(=O)O)C(C)C)C(C)(C)C=C2C. The average molecular weight is 303 g/mol. The van der Waals surface area contributed by atoms with Crippen molar-refractivity contribution in [2.45, 2.75) is 46.2 Å². The summed E-state index contributed by atoms with van der Waals surface area (Å²) in [6, 6.07) is 5.23. The van der Waals surface area contributed by atoms with E-state index in [1.54, 1.807) is 7.11 Å². The number of ether oxygens (including phenoxy) is 1. The van der Waals surface area contributed by atoms with E-state index >= 15 is 0 Å². The number of hydrogen-bond acceptors (Lipinski definition) is 3. The minimum Gasteiger partial charge on any atom is -0.495 e. The number of methoxy groups -OCH3 is 1. The molecule has 4 nitrogen and oxygen atoms in total. The highest BCUT2D eigenvalue weighted by molar-refractivity contribution is 5.89. The molecule has 0 radical (unpaired) electrons. The Labute approximate surface area is 132 Å². The number of allylic oxidation sites excluding steroid dienone is 1. The van der Waals surface area contributed by atoms with E-state index in [2.05, 4.69) is 13.0 Å². The van der Waals surface area contributed by atoms with E-state index < -0.39 is 17.6 Å². The molecule has 1 aromatic carbocycles. The predicted octanol–water partition coefficient (Wildman–Crippen LogP) is 3.81. The fourth-order valence-corrected chi connectivity index (χ4v) is 3.41. The highest BCUT2D eigenvalue weighted by atomic mass is 16.5. The third kappa shape index (κ3) is 2.58. The van der Waals surface area contributed by atoms with Gasteiger partial charge in [-0.1, -0.05) is 32.1 Å². The lowest BCUT2D eigenvalue weighted by atomic mass is 9.85. The summed E-state index contributed by atoms with van der Waals surface area (Å²) >= 11 is 0. The summed E-state index contributed by atoms with van der Waals surface area (Å²) in [5.41, 5.74) is 2.64. The highest BCUT2D eigenvalue weighted by Crippen LogP contribution is 2.46. The van der Waals surface area contributed by atoms with Gasteiger partial charge in [-0.3, -0.25) is 0 Å². The van der Waals surface area contributed by atoms with Gasteiger partial charge >= 0.3 is 5.97 Å². The molecule has 22 heavy (non-hydrogen) atoms. The van der Waals surface area contributed by atoms with E-state index in [0.717, 1.165) is 16.8 Å². The van der Waals surface area contributed by atoms with E-state index in [0.29, 0.717) is 5.75 Å². The summed E-state index contributed by atoms with van der Waals surface area (Å²) in [6.07, 6.45) is 2.13.